The number of imidazole rings is 1. The van der Waals surface area contributed by atoms with Crippen molar-refractivity contribution in [1.82, 2.24) is 9.55 Å². The molecular formula is C15H29N3O. The molecule has 0 bridgehead atoms. The van der Waals surface area contributed by atoms with E-state index in [1.54, 1.807) is 24.8 Å². The molecule has 4 heteroatoms. The number of hydrogen-bond donors (Lipinski definition) is 0. The van der Waals surface area contributed by atoms with Crippen molar-refractivity contribution in [2.24, 2.45) is 4.99 Å². The van der Waals surface area contributed by atoms with E-state index in [4.69, 9.17) is 0 Å². The van der Waals surface area contributed by atoms with Gasteiger partial charge in [-0.25, -0.2) is 4.98 Å². The van der Waals surface area contributed by atoms with Crippen LogP contribution in [-0.4, -0.2) is 21.7 Å². The highest BCUT2D eigenvalue weighted by molar-refractivity contribution is 5.75. The molecule has 0 aliphatic heterocycles. The monoisotopic (exact) mass is 267 g/mol. The molecule has 1 rings (SSSR count). The second kappa shape index (κ2) is 21.6. The van der Waals surface area contributed by atoms with Crippen molar-refractivity contribution >= 4 is 12.1 Å². The summed E-state index contributed by atoms with van der Waals surface area (Å²) in [6.45, 7) is 13.6. The van der Waals surface area contributed by atoms with Crippen LogP contribution >= 0.6 is 0 Å². The molecule has 0 aliphatic rings. The second-order valence-corrected chi connectivity index (χ2v) is 3.09. The second-order valence-electron chi connectivity index (χ2n) is 3.09. The van der Waals surface area contributed by atoms with Crippen LogP contribution in [0.4, 0.5) is 0 Å². The maximum atomic E-state index is 10.4. The maximum Gasteiger partial charge on any atom is 0.228 e. The predicted molar refractivity (Wildman–Crippen MR) is 84.8 cm³/mol. The molecule has 1 aromatic rings. The Morgan fingerprint density at radius 1 is 1.32 bits per heavy atom. The summed E-state index contributed by atoms with van der Waals surface area (Å²) < 4.78 is 1.42. The van der Waals surface area contributed by atoms with Gasteiger partial charge in [0.05, 0.1) is 0 Å². The molecule has 0 amide bonds. The molecule has 110 valence electrons. The van der Waals surface area contributed by atoms with Gasteiger partial charge in [-0.15, -0.1) is 0 Å². The van der Waals surface area contributed by atoms with E-state index in [0.29, 0.717) is 0 Å². The van der Waals surface area contributed by atoms with Gasteiger partial charge in [-0.1, -0.05) is 40.2 Å². The number of aromatic nitrogens is 2. The molecule has 19 heavy (non-hydrogen) atoms. The first-order chi connectivity index (χ1) is 9.13. The van der Waals surface area contributed by atoms with Gasteiger partial charge in [0.25, 0.3) is 0 Å². The van der Waals surface area contributed by atoms with Crippen molar-refractivity contribution in [1.29, 1.82) is 0 Å². The van der Waals surface area contributed by atoms with Crippen LogP contribution < -0.4 is 0 Å². The molecule has 1 aromatic heterocycles. The average Bonchev–Trinajstić information content (AvgIpc) is 2.94. The van der Waals surface area contributed by atoms with Gasteiger partial charge in [0.1, 0.15) is 6.33 Å². The molecule has 4 nitrogen and oxygen atoms in total. The lowest BCUT2D eigenvalue weighted by molar-refractivity contribution is 0.0936. The first-order valence-corrected chi connectivity index (χ1v) is 6.71. The van der Waals surface area contributed by atoms with Crippen LogP contribution in [0.2, 0.25) is 0 Å². The molecule has 0 N–H and O–H groups in total. The lowest BCUT2D eigenvalue weighted by atomic mass is 10.6. The third-order valence-electron chi connectivity index (χ3n) is 1.25. The summed E-state index contributed by atoms with van der Waals surface area (Å²) in [5, 5.41) is 0. The van der Waals surface area contributed by atoms with Crippen LogP contribution in [0, 0.1) is 0 Å². The van der Waals surface area contributed by atoms with Crippen LogP contribution in [0.3, 0.4) is 0 Å². The van der Waals surface area contributed by atoms with Crippen molar-refractivity contribution in [2.45, 2.75) is 54.9 Å². The van der Waals surface area contributed by atoms with Crippen molar-refractivity contribution < 1.29 is 4.79 Å². The zero-order valence-electron chi connectivity index (χ0n) is 13.4. The first kappa shape index (κ1) is 22.5. The fraction of sp³-hybridized carbons (Fsp3) is 0.533. The molecule has 0 unspecified atom stereocenters. The normalized spacial score (nSPS) is 8.79. The van der Waals surface area contributed by atoms with Gasteiger partial charge < -0.3 is 0 Å². The topological polar surface area (TPSA) is 47.2 Å². The van der Waals surface area contributed by atoms with Crippen LogP contribution in [0.15, 0.2) is 36.0 Å². The third-order valence-corrected chi connectivity index (χ3v) is 1.25. The van der Waals surface area contributed by atoms with E-state index in [1.165, 1.54) is 24.2 Å². The molecule has 0 fully saturated rings. The number of carbonyl (C=O) groups excluding carboxylic acids is 1. The van der Waals surface area contributed by atoms with Crippen LogP contribution in [0.5, 0.6) is 0 Å². The summed E-state index contributed by atoms with van der Waals surface area (Å²) in [7, 11) is 0. The number of hydrogen-bond acceptors (Lipinski definition) is 3. The molecule has 0 atom stereocenters. The molecule has 1 heterocycles. The summed E-state index contributed by atoms with van der Waals surface area (Å²) in [6.07, 6.45) is 11.3. The highest BCUT2D eigenvalue weighted by Gasteiger charge is 1.90. The fourth-order valence-electron chi connectivity index (χ4n) is 0.618. The van der Waals surface area contributed by atoms with E-state index in [2.05, 4.69) is 23.8 Å². The molecule has 0 aromatic carbocycles. The van der Waals surface area contributed by atoms with Gasteiger partial charge in [0, 0.05) is 31.7 Å². The quantitative estimate of drug-likeness (QED) is 0.698. The van der Waals surface area contributed by atoms with Gasteiger partial charge in [-0.2, -0.15) is 0 Å². The van der Waals surface area contributed by atoms with Gasteiger partial charge in [-0.05, 0) is 13.8 Å². The molecule has 0 aliphatic carbocycles. The molecule has 0 radical (unpaired) electrons. The Morgan fingerprint density at radius 2 is 1.84 bits per heavy atom. The zero-order chi connectivity index (χ0) is 15.5. The summed E-state index contributed by atoms with van der Waals surface area (Å²) in [6, 6.07) is 0. The summed E-state index contributed by atoms with van der Waals surface area (Å²) in [5.41, 5.74) is 0. The number of aliphatic imine (C=N–C) groups is 1. The van der Waals surface area contributed by atoms with E-state index in [0.717, 1.165) is 0 Å². The fourth-order valence-corrected chi connectivity index (χ4v) is 0.618. The Bertz CT molecular complexity index is 304. The minimum absolute atomic E-state index is 0.0116. The van der Waals surface area contributed by atoms with Gasteiger partial charge in [-0.3, -0.25) is 14.4 Å². The van der Waals surface area contributed by atoms with Crippen molar-refractivity contribution in [2.75, 3.05) is 0 Å². The van der Waals surface area contributed by atoms with Crippen molar-refractivity contribution in [3.63, 3.8) is 0 Å². The van der Waals surface area contributed by atoms with Gasteiger partial charge in [0.2, 0.25) is 5.91 Å². The SMILES string of the molecule is CC.CC(=O)n1ccnc1.CC=N/C=C\C.CCC. The van der Waals surface area contributed by atoms with Gasteiger partial charge >= 0.3 is 0 Å². The Hall–Kier alpha value is -1.71. The lowest BCUT2D eigenvalue weighted by Crippen LogP contribution is -2.00. The number of nitrogens with zero attached hydrogens (tertiary/aromatic N) is 3. The van der Waals surface area contributed by atoms with Crippen molar-refractivity contribution in [3.8, 4) is 0 Å². The highest BCUT2D eigenvalue weighted by Crippen LogP contribution is 1.82. The molecule has 0 saturated carbocycles. The third kappa shape index (κ3) is 22.0. The van der Waals surface area contributed by atoms with Crippen LogP contribution in [0.25, 0.3) is 0 Å². The standard InChI is InChI=1S/C5H6N2O.C5H9N.C3H8.C2H6/c1-5(8)7-3-2-6-4-7;1-3-5-6-4-2;1-3-2;1-2/h2-4H,1H3;3-5H,1-2H3;3H2,1-2H3;1-2H3/b;5-3-,6-4?;;. The largest absolute Gasteiger partial charge is 0.277 e. The molecule has 0 saturated heterocycles. The molecule has 0 spiro atoms. The number of carbonyl (C=O) groups is 1. The highest BCUT2D eigenvalue weighted by atomic mass is 16.1. The maximum absolute atomic E-state index is 10.4. The van der Waals surface area contributed by atoms with Crippen LogP contribution in [0.1, 0.15) is 59.7 Å². The Kier molecular flexibility index (Phi) is 25.5. The Balaban J connectivity index is -0.000000207. The predicted octanol–water partition coefficient (Wildman–Crippen LogP) is 4.60. The Labute approximate surface area is 118 Å². The summed E-state index contributed by atoms with van der Waals surface area (Å²) in [5.74, 6) is -0.0116. The lowest BCUT2D eigenvalue weighted by Gasteiger charge is -1.87. The first-order valence-electron chi connectivity index (χ1n) is 6.71. The van der Waals surface area contributed by atoms with E-state index < -0.39 is 0 Å². The van der Waals surface area contributed by atoms with Gasteiger partial charge in [0.15, 0.2) is 0 Å². The van der Waals surface area contributed by atoms with Crippen LogP contribution in [-0.2, 0) is 0 Å². The van der Waals surface area contributed by atoms with Crippen molar-refractivity contribution in [3.05, 3.63) is 31.0 Å². The Morgan fingerprint density at radius 3 is 2.00 bits per heavy atom. The van der Waals surface area contributed by atoms with E-state index >= 15 is 0 Å². The minimum atomic E-state index is -0.0116. The zero-order valence-corrected chi connectivity index (χ0v) is 13.4. The van der Waals surface area contributed by atoms with E-state index in [1.807, 2.05) is 33.8 Å². The van der Waals surface area contributed by atoms with E-state index in [9.17, 15) is 4.79 Å². The summed E-state index contributed by atoms with van der Waals surface area (Å²) in [4.78, 5) is 17.9. The summed E-state index contributed by atoms with van der Waals surface area (Å²) >= 11 is 0. The molecular weight excluding hydrogens is 238 g/mol. The minimum Gasteiger partial charge on any atom is -0.277 e. The van der Waals surface area contributed by atoms with E-state index in [-0.39, 0.29) is 5.91 Å². The number of rotatable bonds is 1. The number of allylic oxidation sites excluding steroid dienone is 1. The average molecular weight is 267 g/mol. The smallest absolute Gasteiger partial charge is 0.228 e.